The quantitative estimate of drug-likeness (QED) is 0.499. The SMILES string of the molecule is COc1cc([N+](=O)[O-])c(C=C2c3cc(OC)c(OC)cc3CCN2C)cc1Br. The third-order valence-electron chi connectivity index (χ3n) is 4.80. The van der Waals surface area contributed by atoms with Crippen molar-refractivity contribution in [2.75, 3.05) is 34.9 Å². The van der Waals surface area contributed by atoms with E-state index in [0.29, 0.717) is 27.3 Å². The summed E-state index contributed by atoms with van der Waals surface area (Å²) in [6, 6.07) is 7.01. The summed E-state index contributed by atoms with van der Waals surface area (Å²) in [6.45, 7) is 0.791. The first-order valence-electron chi connectivity index (χ1n) is 8.59. The highest BCUT2D eigenvalue weighted by molar-refractivity contribution is 9.10. The van der Waals surface area contributed by atoms with E-state index in [1.165, 1.54) is 13.2 Å². The molecule has 28 heavy (non-hydrogen) atoms. The number of nitro groups is 1. The van der Waals surface area contributed by atoms with Crippen molar-refractivity contribution in [3.05, 3.63) is 55.5 Å². The van der Waals surface area contributed by atoms with Gasteiger partial charge in [-0.05, 0) is 52.2 Å². The maximum atomic E-state index is 11.6. The number of ether oxygens (including phenoxy) is 3. The summed E-state index contributed by atoms with van der Waals surface area (Å²) in [6.07, 6.45) is 2.67. The van der Waals surface area contributed by atoms with Gasteiger partial charge < -0.3 is 19.1 Å². The zero-order valence-corrected chi connectivity index (χ0v) is 17.7. The van der Waals surface area contributed by atoms with Crippen LogP contribution in [0.3, 0.4) is 0 Å². The highest BCUT2D eigenvalue weighted by Gasteiger charge is 2.24. The van der Waals surface area contributed by atoms with E-state index in [-0.39, 0.29) is 5.69 Å². The molecule has 0 fully saturated rings. The Bertz CT molecular complexity index is 958. The minimum absolute atomic E-state index is 0.0199. The Morgan fingerprint density at radius 2 is 1.71 bits per heavy atom. The topological polar surface area (TPSA) is 74.1 Å². The Hall–Kier alpha value is -2.74. The lowest BCUT2D eigenvalue weighted by molar-refractivity contribution is -0.385. The van der Waals surface area contributed by atoms with E-state index in [4.69, 9.17) is 14.2 Å². The Morgan fingerprint density at radius 1 is 1.07 bits per heavy atom. The van der Waals surface area contributed by atoms with Gasteiger partial charge in [0.1, 0.15) is 5.75 Å². The van der Waals surface area contributed by atoms with E-state index < -0.39 is 4.92 Å². The summed E-state index contributed by atoms with van der Waals surface area (Å²) in [5.74, 6) is 1.70. The number of benzene rings is 2. The number of nitrogens with zero attached hydrogens (tertiary/aromatic N) is 2. The van der Waals surface area contributed by atoms with Gasteiger partial charge in [0.05, 0.1) is 42.4 Å². The number of hydrogen-bond donors (Lipinski definition) is 0. The van der Waals surface area contributed by atoms with Crippen molar-refractivity contribution in [1.29, 1.82) is 0 Å². The van der Waals surface area contributed by atoms with Gasteiger partial charge in [-0.2, -0.15) is 0 Å². The Labute approximate surface area is 171 Å². The normalized spacial score (nSPS) is 14.6. The first-order chi connectivity index (χ1) is 13.4. The van der Waals surface area contributed by atoms with Gasteiger partial charge in [0, 0.05) is 24.9 Å². The van der Waals surface area contributed by atoms with Crippen molar-refractivity contribution >= 4 is 33.4 Å². The van der Waals surface area contributed by atoms with Gasteiger partial charge in [0.15, 0.2) is 11.5 Å². The summed E-state index contributed by atoms with van der Waals surface area (Å²) in [4.78, 5) is 13.3. The van der Waals surface area contributed by atoms with Crippen molar-refractivity contribution in [3.8, 4) is 17.2 Å². The van der Waals surface area contributed by atoms with Crippen LogP contribution in [0.25, 0.3) is 11.8 Å². The van der Waals surface area contributed by atoms with Crippen LogP contribution in [-0.4, -0.2) is 44.7 Å². The summed E-state index contributed by atoms with van der Waals surface area (Å²) < 4.78 is 16.7. The molecule has 0 amide bonds. The molecule has 1 aliphatic heterocycles. The van der Waals surface area contributed by atoms with E-state index in [0.717, 1.165) is 29.8 Å². The Balaban J connectivity index is 2.21. The predicted octanol–water partition coefficient (Wildman–Crippen LogP) is 4.37. The molecule has 1 heterocycles. The predicted molar refractivity (Wildman–Crippen MR) is 111 cm³/mol. The molecule has 0 spiro atoms. The molecule has 0 saturated carbocycles. The van der Waals surface area contributed by atoms with Crippen LogP contribution in [0.5, 0.6) is 17.2 Å². The Morgan fingerprint density at radius 3 is 2.32 bits per heavy atom. The lowest BCUT2D eigenvalue weighted by atomic mass is 9.94. The number of fused-ring (bicyclic) bond motifs is 1. The molecule has 0 bridgehead atoms. The molecule has 7 nitrogen and oxygen atoms in total. The van der Waals surface area contributed by atoms with Gasteiger partial charge in [-0.3, -0.25) is 10.1 Å². The van der Waals surface area contributed by atoms with Gasteiger partial charge in [-0.25, -0.2) is 0 Å². The zero-order chi connectivity index (χ0) is 20.4. The molecule has 0 saturated heterocycles. The third kappa shape index (κ3) is 3.64. The highest BCUT2D eigenvalue weighted by Crippen LogP contribution is 2.40. The first kappa shape index (κ1) is 20.0. The molecule has 3 rings (SSSR count). The van der Waals surface area contributed by atoms with Crippen molar-refractivity contribution in [1.82, 2.24) is 4.90 Å². The van der Waals surface area contributed by atoms with Crippen LogP contribution in [0.15, 0.2) is 28.7 Å². The number of halogens is 1. The smallest absolute Gasteiger partial charge is 0.280 e. The lowest BCUT2D eigenvalue weighted by Gasteiger charge is -2.31. The standard InChI is InChI=1S/C20H21BrN2O5/c1-22-6-5-12-9-19(27-3)20(28-4)10-14(12)17(22)8-13-7-15(21)18(26-2)11-16(13)23(24)25/h7-11H,5-6H2,1-4H3. The van der Waals surface area contributed by atoms with E-state index in [1.54, 1.807) is 20.3 Å². The average Bonchev–Trinajstić information content (AvgIpc) is 2.68. The van der Waals surface area contributed by atoms with Gasteiger partial charge in [-0.1, -0.05) is 0 Å². The summed E-state index contributed by atoms with van der Waals surface area (Å²) >= 11 is 3.42. The second-order valence-electron chi connectivity index (χ2n) is 6.37. The molecule has 0 aliphatic carbocycles. The van der Waals surface area contributed by atoms with Crippen molar-refractivity contribution in [2.24, 2.45) is 0 Å². The molecule has 2 aromatic carbocycles. The van der Waals surface area contributed by atoms with Crippen LogP contribution in [0.4, 0.5) is 5.69 Å². The van der Waals surface area contributed by atoms with E-state index >= 15 is 0 Å². The lowest BCUT2D eigenvalue weighted by Crippen LogP contribution is -2.25. The second-order valence-corrected chi connectivity index (χ2v) is 7.22. The summed E-state index contributed by atoms with van der Waals surface area (Å²) in [7, 11) is 6.64. The minimum Gasteiger partial charge on any atom is -0.495 e. The van der Waals surface area contributed by atoms with Crippen LogP contribution in [0.2, 0.25) is 0 Å². The number of hydrogen-bond acceptors (Lipinski definition) is 6. The zero-order valence-electron chi connectivity index (χ0n) is 16.1. The number of nitro benzene ring substituents is 1. The molecule has 0 atom stereocenters. The van der Waals surface area contributed by atoms with Crippen LogP contribution < -0.4 is 14.2 Å². The minimum atomic E-state index is -0.403. The van der Waals surface area contributed by atoms with Crippen LogP contribution in [-0.2, 0) is 6.42 Å². The van der Waals surface area contributed by atoms with E-state index in [9.17, 15) is 10.1 Å². The molecular formula is C20H21BrN2O5. The van der Waals surface area contributed by atoms with Crippen molar-refractivity contribution < 1.29 is 19.1 Å². The molecule has 148 valence electrons. The fourth-order valence-electron chi connectivity index (χ4n) is 3.30. The van der Waals surface area contributed by atoms with Gasteiger partial charge >= 0.3 is 0 Å². The van der Waals surface area contributed by atoms with Gasteiger partial charge in [0.2, 0.25) is 0 Å². The van der Waals surface area contributed by atoms with Gasteiger partial charge in [0.25, 0.3) is 5.69 Å². The monoisotopic (exact) mass is 448 g/mol. The summed E-state index contributed by atoms with van der Waals surface area (Å²) in [5.41, 5.74) is 3.42. The molecule has 8 heteroatoms. The van der Waals surface area contributed by atoms with Gasteiger partial charge in [-0.15, -0.1) is 0 Å². The second kappa shape index (κ2) is 8.10. The number of methoxy groups -OCH3 is 3. The highest BCUT2D eigenvalue weighted by atomic mass is 79.9. The van der Waals surface area contributed by atoms with Crippen molar-refractivity contribution in [3.63, 3.8) is 0 Å². The summed E-state index contributed by atoms with van der Waals surface area (Å²) in [5, 5.41) is 11.6. The fraction of sp³-hybridized carbons (Fsp3) is 0.300. The number of likely N-dealkylation sites (N-methyl/N-ethyl adjacent to an activating group) is 1. The Kier molecular flexibility index (Phi) is 5.79. The maximum Gasteiger partial charge on any atom is 0.280 e. The molecule has 0 aromatic heterocycles. The largest absolute Gasteiger partial charge is 0.495 e. The molecule has 1 aliphatic rings. The molecule has 2 aromatic rings. The van der Waals surface area contributed by atoms with Crippen molar-refractivity contribution in [2.45, 2.75) is 6.42 Å². The molecule has 0 unspecified atom stereocenters. The molecule has 0 N–H and O–H groups in total. The van der Waals surface area contributed by atoms with E-state index in [1.807, 2.05) is 25.3 Å². The van der Waals surface area contributed by atoms with E-state index in [2.05, 4.69) is 20.8 Å². The third-order valence-corrected chi connectivity index (χ3v) is 5.42. The molecular weight excluding hydrogens is 428 g/mol. The van der Waals surface area contributed by atoms with Crippen LogP contribution in [0.1, 0.15) is 16.7 Å². The fourth-order valence-corrected chi connectivity index (χ4v) is 3.83. The number of rotatable bonds is 5. The first-order valence-corrected chi connectivity index (χ1v) is 9.39. The van der Waals surface area contributed by atoms with Crippen LogP contribution in [0, 0.1) is 10.1 Å². The maximum absolute atomic E-state index is 11.6. The van der Waals surface area contributed by atoms with Crippen LogP contribution >= 0.6 is 15.9 Å². The average molecular weight is 449 g/mol. The molecule has 0 radical (unpaired) electrons.